The molecule has 106 valence electrons. The van der Waals surface area contributed by atoms with Gasteiger partial charge in [0.05, 0.1) is 0 Å². The van der Waals surface area contributed by atoms with Gasteiger partial charge in [0.25, 0.3) is 0 Å². The van der Waals surface area contributed by atoms with E-state index >= 15 is 0 Å². The Kier molecular flexibility index (Phi) is 6.50. The van der Waals surface area contributed by atoms with Crippen LogP contribution in [0.4, 0.5) is 4.39 Å². The van der Waals surface area contributed by atoms with Crippen molar-refractivity contribution in [2.75, 3.05) is 6.54 Å². The molecule has 0 heterocycles. The van der Waals surface area contributed by atoms with Crippen LogP contribution in [0.25, 0.3) is 0 Å². The molecule has 1 unspecified atom stereocenters. The van der Waals surface area contributed by atoms with Gasteiger partial charge in [0, 0.05) is 19.0 Å². The van der Waals surface area contributed by atoms with Crippen LogP contribution in [0.5, 0.6) is 0 Å². The standard InChI is InChI=1S/C15H23FN2O/c1-11(2)9-14(10-17)18-15(19)8-5-12-3-6-13(16)7-4-12/h3-4,6-7,11,14H,5,8-10,17H2,1-2H3,(H,18,19). The first-order valence-corrected chi connectivity index (χ1v) is 6.75. The maximum absolute atomic E-state index is 12.7. The number of nitrogens with two attached hydrogens (primary N) is 1. The molecule has 0 aliphatic rings. The number of nitrogens with one attached hydrogen (secondary N) is 1. The zero-order valence-electron chi connectivity index (χ0n) is 11.7. The minimum atomic E-state index is -0.256. The summed E-state index contributed by atoms with van der Waals surface area (Å²) in [5.74, 6) is 0.250. The van der Waals surface area contributed by atoms with Crippen LogP contribution >= 0.6 is 0 Å². The Balaban J connectivity index is 2.36. The van der Waals surface area contributed by atoms with E-state index in [1.54, 1.807) is 12.1 Å². The summed E-state index contributed by atoms with van der Waals surface area (Å²) in [5.41, 5.74) is 6.60. The average Bonchev–Trinajstić information content (AvgIpc) is 2.36. The third-order valence-electron chi connectivity index (χ3n) is 2.96. The lowest BCUT2D eigenvalue weighted by Gasteiger charge is -2.18. The fourth-order valence-corrected chi connectivity index (χ4v) is 1.99. The van der Waals surface area contributed by atoms with E-state index in [4.69, 9.17) is 5.73 Å². The van der Waals surface area contributed by atoms with Gasteiger partial charge in [-0.1, -0.05) is 26.0 Å². The fraction of sp³-hybridized carbons (Fsp3) is 0.533. The molecule has 1 amide bonds. The Morgan fingerprint density at radius 1 is 1.32 bits per heavy atom. The summed E-state index contributed by atoms with van der Waals surface area (Å²) in [6.07, 6.45) is 1.91. The van der Waals surface area contributed by atoms with Crippen LogP contribution in [0.2, 0.25) is 0 Å². The highest BCUT2D eigenvalue weighted by molar-refractivity contribution is 5.76. The molecule has 1 aromatic rings. The van der Waals surface area contributed by atoms with E-state index < -0.39 is 0 Å². The molecule has 4 heteroatoms. The number of hydrogen-bond donors (Lipinski definition) is 2. The number of benzene rings is 1. The molecule has 0 saturated heterocycles. The molecule has 0 bridgehead atoms. The van der Waals surface area contributed by atoms with Gasteiger partial charge in [-0.25, -0.2) is 4.39 Å². The van der Waals surface area contributed by atoms with Crippen molar-refractivity contribution in [3.8, 4) is 0 Å². The van der Waals surface area contributed by atoms with Gasteiger partial charge in [-0.15, -0.1) is 0 Å². The van der Waals surface area contributed by atoms with Crippen LogP contribution in [-0.2, 0) is 11.2 Å². The second-order valence-electron chi connectivity index (χ2n) is 5.26. The van der Waals surface area contributed by atoms with E-state index in [0.29, 0.717) is 25.3 Å². The molecule has 0 aliphatic heterocycles. The predicted octanol–water partition coefficient (Wildman–Crippen LogP) is 2.25. The van der Waals surface area contributed by atoms with Crippen LogP contribution in [0, 0.1) is 11.7 Å². The van der Waals surface area contributed by atoms with E-state index in [0.717, 1.165) is 12.0 Å². The lowest BCUT2D eigenvalue weighted by Crippen LogP contribution is -2.41. The van der Waals surface area contributed by atoms with Crippen LogP contribution in [0.1, 0.15) is 32.3 Å². The summed E-state index contributed by atoms with van der Waals surface area (Å²) >= 11 is 0. The van der Waals surface area contributed by atoms with Crippen molar-refractivity contribution in [3.63, 3.8) is 0 Å². The third kappa shape index (κ3) is 6.34. The summed E-state index contributed by atoms with van der Waals surface area (Å²) in [4.78, 5) is 11.8. The topological polar surface area (TPSA) is 55.1 Å². The van der Waals surface area contributed by atoms with Crippen LogP contribution in [0.15, 0.2) is 24.3 Å². The first-order valence-electron chi connectivity index (χ1n) is 6.75. The minimum Gasteiger partial charge on any atom is -0.352 e. The Bertz CT molecular complexity index is 390. The lowest BCUT2D eigenvalue weighted by molar-refractivity contribution is -0.121. The second kappa shape index (κ2) is 7.89. The van der Waals surface area contributed by atoms with Gasteiger partial charge in [0.1, 0.15) is 5.82 Å². The van der Waals surface area contributed by atoms with Crippen LogP contribution in [0.3, 0.4) is 0 Å². The quantitative estimate of drug-likeness (QED) is 0.795. The summed E-state index contributed by atoms with van der Waals surface area (Å²) in [6.45, 7) is 4.67. The van der Waals surface area contributed by atoms with Gasteiger partial charge >= 0.3 is 0 Å². The molecule has 1 rings (SSSR count). The summed E-state index contributed by atoms with van der Waals surface area (Å²) in [5, 5.41) is 2.94. The molecule has 0 radical (unpaired) electrons. The molecular weight excluding hydrogens is 243 g/mol. The van der Waals surface area contributed by atoms with Gasteiger partial charge in [0.15, 0.2) is 0 Å². The first kappa shape index (κ1) is 15.6. The number of halogens is 1. The van der Waals surface area contributed by atoms with E-state index in [1.165, 1.54) is 12.1 Å². The van der Waals surface area contributed by atoms with Crippen molar-refractivity contribution in [2.24, 2.45) is 11.7 Å². The smallest absolute Gasteiger partial charge is 0.220 e. The number of carbonyl (C=O) groups is 1. The zero-order chi connectivity index (χ0) is 14.3. The molecule has 0 aromatic heterocycles. The summed E-state index contributed by atoms with van der Waals surface area (Å²) in [6, 6.07) is 6.28. The van der Waals surface area contributed by atoms with Crippen molar-refractivity contribution in [1.82, 2.24) is 5.32 Å². The van der Waals surface area contributed by atoms with Crippen molar-refractivity contribution < 1.29 is 9.18 Å². The Labute approximate surface area is 114 Å². The largest absolute Gasteiger partial charge is 0.352 e. The molecule has 1 atom stereocenters. The molecule has 0 fully saturated rings. The molecule has 3 nitrogen and oxygen atoms in total. The van der Waals surface area contributed by atoms with Crippen molar-refractivity contribution in [3.05, 3.63) is 35.6 Å². The number of carbonyl (C=O) groups excluding carboxylic acids is 1. The normalized spacial score (nSPS) is 12.5. The lowest BCUT2D eigenvalue weighted by atomic mass is 10.0. The Hall–Kier alpha value is -1.42. The molecule has 0 spiro atoms. The highest BCUT2D eigenvalue weighted by atomic mass is 19.1. The molecular formula is C15H23FN2O. The van der Waals surface area contributed by atoms with Crippen molar-refractivity contribution in [1.29, 1.82) is 0 Å². The maximum atomic E-state index is 12.7. The van der Waals surface area contributed by atoms with Crippen molar-refractivity contribution >= 4 is 5.91 Å². The molecule has 19 heavy (non-hydrogen) atoms. The Morgan fingerprint density at radius 3 is 2.47 bits per heavy atom. The minimum absolute atomic E-state index is 0.000394. The zero-order valence-corrected chi connectivity index (χ0v) is 11.7. The molecule has 0 aliphatic carbocycles. The predicted molar refractivity (Wildman–Crippen MR) is 75.2 cm³/mol. The van der Waals surface area contributed by atoms with E-state index in [1.807, 2.05) is 0 Å². The van der Waals surface area contributed by atoms with E-state index in [9.17, 15) is 9.18 Å². The molecule has 3 N–H and O–H groups in total. The monoisotopic (exact) mass is 266 g/mol. The maximum Gasteiger partial charge on any atom is 0.220 e. The van der Waals surface area contributed by atoms with Gasteiger partial charge < -0.3 is 11.1 Å². The van der Waals surface area contributed by atoms with E-state index in [-0.39, 0.29) is 17.8 Å². The third-order valence-corrected chi connectivity index (χ3v) is 2.96. The number of rotatable bonds is 7. The number of aryl methyl sites for hydroxylation is 1. The summed E-state index contributed by atoms with van der Waals surface area (Å²) < 4.78 is 12.7. The number of amides is 1. The van der Waals surface area contributed by atoms with Gasteiger partial charge in [-0.05, 0) is 36.5 Å². The Morgan fingerprint density at radius 2 is 1.95 bits per heavy atom. The summed E-state index contributed by atoms with van der Waals surface area (Å²) in [7, 11) is 0. The highest BCUT2D eigenvalue weighted by Gasteiger charge is 2.12. The second-order valence-corrected chi connectivity index (χ2v) is 5.26. The molecule has 0 saturated carbocycles. The molecule has 1 aromatic carbocycles. The average molecular weight is 266 g/mol. The van der Waals surface area contributed by atoms with Gasteiger partial charge in [-0.3, -0.25) is 4.79 Å². The SMILES string of the molecule is CC(C)CC(CN)NC(=O)CCc1ccc(F)cc1. The van der Waals surface area contributed by atoms with E-state index in [2.05, 4.69) is 19.2 Å². The number of hydrogen-bond acceptors (Lipinski definition) is 2. The van der Waals surface area contributed by atoms with Crippen molar-refractivity contribution in [2.45, 2.75) is 39.2 Å². The van der Waals surface area contributed by atoms with Gasteiger partial charge in [0.2, 0.25) is 5.91 Å². The first-order chi connectivity index (χ1) is 9.01. The fourth-order valence-electron chi connectivity index (χ4n) is 1.99. The highest BCUT2D eigenvalue weighted by Crippen LogP contribution is 2.07. The van der Waals surface area contributed by atoms with Gasteiger partial charge in [-0.2, -0.15) is 0 Å². The van der Waals surface area contributed by atoms with Crippen LogP contribution < -0.4 is 11.1 Å². The van der Waals surface area contributed by atoms with Crippen LogP contribution in [-0.4, -0.2) is 18.5 Å².